The normalized spacial score (nSPS) is 10.6. The monoisotopic (exact) mass is 200 g/mol. The van der Waals surface area contributed by atoms with Crippen LogP contribution < -0.4 is 4.74 Å². The van der Waals surface area contributed by atoms with Gasteiger partial charge in [-0.2, -0.15) is 0 Å². The fourth-order valence-electron chi connectivity index (χ4n) is 2.07. The second-order valence-corrected chi connectivity index (χ2v) is 3.80. The average Bonchev–Trinajstić information content (AvgIpc) is 2.28. The zero-order chi connectivity index (χ0) is 10.8. The second kappa shape index (κ2) is 3.93. The van der Waals surface area contributed by atoms with Crippen LogP contribution in [0.15, 0.2) is 30.3 Å². The standard InChI is InChI=1S/C14H16O/c1-4-13-10(2)5-6-11-7-8-12(15-3)9-14(11)13/h5-9H,4H2,1-3H3. The Labute approximate surface area is 90.7 Å². The van der Waals surface area contributed by atoms with Crippen LogP contribution in [0.1, 0.15) is 18.1 Å². The van der Waals surface area contributed by atoms with Crippen molar-refractivity contribution in [3.05, 3.63) is 41.5 Å². The van der Waals surface area contributed by atoms with E-state index >= 15 is 0 Å². The topological polar surface area (TPSA) is 9.23 Å². The molecule has 0 spiro atoms. The Bertz CT molecular complexity index is 486. The van der Waals surface area contributed by atoms with Crippen LogP contribution in [0, 0.1) is 6.92 Å². The van der Waals surface area contributed by atoms with Crippen molar-refractivity contribution in [3.8, 4) is 5.75 Å². The summed E-state index contributed by atoms with van der Waals surface area (Å²) in [6.45, 7) is 4.36. The molecule has 0 bridgehead atoms. The highest BCUT2D eigenvalue weighted by atomic mass is 16.5. The smallest absolute Gasteiger partial charge is 0.119 e. The van der Waals surface area contributed by atoms with Gasteiger partial charge in [-0.05, 0) is 47.4 Å². The van der Waals surface area contributed by atoms with Crippen LogP contribution in [0.25, 0.3) is 10.8 Å². The van der Waals surface area contributed by atoms with Crippen molar-refractivity contribution in [3.63, 3.8) is 0 Å². The average molecular weight is 200 g/mol. The van der Waals surface area contributed by atoms with Gasteiger partial charge in [0, 0.05) is 0 Å². The quantitative estimate of drug-likeness (QED) is 0.718. The van der Waals surface area contributed by atoms with Crippen LogP contribution in [-0.4, -0.2) is 7.11 Å². The van der Waals surface area contributed by atoms with Gasteiger partial charge in [0.25, 0.3) is 0 Å². The maximum Gasteiger partial charge on any atom is 0.119 e. The van der Waals surface area contributed by atoms with Gasteiger partial charge in [0.05, 0.1) is 7.11 Å². The molecule has 15 heavy (non-hydrogen) atoms. The largest absolute Gasteiger partial charge is 0.497 e. The highest BCUT2D eigenvalue weighted by Gasteiger charge is 2.03. The molecule has 2 aromatic rings. The van der Waals surface area contributed by atoms with Gasteiger partial charge in [0.2, 0.25) is 0 Å². The third-order valence-electron chi connectivity index (χ3n) is 2.93. The summed E-state index contributed by atoms with van der Waals surface area (Å²) >= 11 is 0. The first kappa shape index (κ1) is 10.0. The molecule has 0 fully saturated rings. The van der Waals surface area contributed by atoms with Crippen molar-refractivity contribution in [1.82, 2.24) is 0 Å². The fraction of sp³-hybridized carbons (Fsp3) is 0.286. The van der Waals surface area contributed by atoms with Crippen LogP contribution in [0.5, 0.6) is 5.75 Å². The van der Waals surface area contributed by atoms with E-state index in [0.717, 1.165) is 12.2 Å². The number of benzene rings is 2. The molecule has 0 unspecified atom stereocenters. The predicted molar refractivity (Wildman–Crippen MR) is 64.6 cm³/mol. The van der Waals surface area contributed by atoms with Crippen LogP contribution in [0.4, 0.5) is 0 Å². The van der Waals surface area contributed by atoms with Gasteiger partial charge in [-0.15, -0.1) is 0 Å². The molecule has 0 saturated heterocycles. The van der Waals surface area contributed by atoms with Crippen molar-refractivity contribution >= 4 is 10.8 Å². The van der Waals surface area contributed by atoms with Crippen LogP contribution in [-0.2, 0) is 6.42 Å². The molecule has 0 aliphatic rings. The zero-order valence-electron chi connectivity index (χ0n) is 9.50. The molecule has 0 aliphatic carbocycles. The summed E-state index contributed by atoms with van der Waals surface area (Å²) < 4.78 is 5.26. The summed E-state index contributed by atoms with van der Waals surface area (Å²) in [6, 6.07) is 10.6. The Hall–Kier alpha value is -1.50. The minimum Gasteiger partial charge on any atom is -0.497 e. The van der Waals surface area contributed by atoms with E-state index < -0.39 is 0 Å². The molecule has 2 rings (SSSR count). The lowest BCUT2D eigenvalue weighted by Gasteiger charge is -2.09. The molecule has 0 radical (unpaired) electrons. The summed E-state index contributed by atoms with van der Waals surface area (Å²) in [7, 11) is 1.71. The van der Waals surface area contributed by atoms with Crippen molar-refractivity contribution in [1.29, 1.82) is 0 Å². The van der Waals surface area contributed by atoms with E-state index in [1.54, 1.807) is 7.11 Å². The lowest BCUT2D eigenvalue weighted by atomic mass is 9.98. The lowest BCUT2D eigenvalue weighted by molar-refractivity contribution is 0.415. The van der Waals surface area contributed by atoms with E-state index in [4.69, 9.17) is 4.74 Å². The van der Waals surface area contributed by atoms with Gasteiger partial charge in [-0.3, -0.25) is 0 Å². The first-order chi connectivity index (χ1) is 7.26. The summed E-state index contributed by atoms with van der Waals surface area (Å²) in [5.41, 5.74) is 2.78. The molecule has 0 amide bonds. The van der Waals surface area contributed by atoms with E-state index in [-0.39, 0.29) is 0 Å². The Morgan fingerprint density at radius 3 is 2.53 bits per heavy atom. The van der Waals surface area contributed by atoms with Crippen LogP contribution >= 0.6 is 0 Å². The first-order valence-electron chi connectivity index (χ1n) is 5.32. The van der Waals surface area contributed by atoms with E-state index in [1.165, 1.54) is 21.9 Å². The molecule has 0 heterocycles. The molecule has 2 aromatic carbocycles. The van der Waals surface area contributed by atoms with Crippen LogP contribution in [0.2, 0.25) is 0 Å². The zero-order valence-corrected chi connectivity index (χ0v) is 9.50. The van der Waals surface area contributed by atoms with Crippen LogP contribution in [0.3, 0.4) is 0 Å². The summed E-state index contributed by atoms with van der Waals surface area (Å²) in [5, 5.41) is 2.61. The van der Waals surface area contributed by atoms with Gasteiger partial charge in [0.1, 0.15) is 5.75 Å². The highest BCUT2D eigenvalue weighted by molar-refractivity contribution is 5.88. The van der Waals surface area contributed by atoms with Gasteiger partial charge in [-0.25, -0.2) is 0 Å². The van der Waals surface area contributed by atoms with Crippen molar-refractivity contribution in [2.45, 2.75) is 20.3 Å². The summed E-state index contributed by atoms with van der Waals surface area (Å²) in [6.07, 6.45) is 1.07. The van der Waals surface area contributed by atoms with E-state index in [9.17, 15) is 0 Å². The molecular formula is C14H16O. The third-order valence-corrected chi connectivity index (χ3v) is 2.93. The minimum absolute atomic E-state index is 0.933. The highest BCUT2D eigenvalue weighted by Crippen LogP contribution is 2.26. The summed E-state index contributed by atoms with van der Waals surface area (Å²) in [4.78, 5) is 0. The number of fused-ring (bicyclic) bond motifs is 1. The molecule has 0 saturated carbocycles. The number of rotatable bonds is 2. The number of methoxy groups -OCH3 is 1. The molecule has 0 aliphatic heterocycles. The van der Waals surface area contributed by atoms with Gasteiger partial charge < -0.3 is 4.74 Å². The first-order valence-corrected chi connectivity index (χ1v) is 5.32. The molecule has 0 aromatic heterocycles. The maximum absolute atomic E-state index is 5.26. The Balaban J connectivity index is 2.76. The number of aryl methyl sites for hydroxylation is 2. The molecule has 78 valence electrons. The van der Waals surface area contributed by atoms with Gasteiger partial charge in [0.15, 0.2) is 0 Å². The van der Waals surface area contributed by atoms with E-state index in [1.807, 2.05) is 6.07 Å². The molecule has 0 N–H and O–H groups in total. The summed E-state index contributed by atoms with van der Waals surface area (Å²) in [5.74, 6) is 0.933. The molecule has 1 heteroatoms. The predicted octanol–water partition coefficient (Wildman–Crippen LogP) is 3.72. The van der Waals surface area contributed by atoms with Crippen molar-refractivity contribution in [2.24, 2.45) is 0 Å². The molecule has 0 atom stereocenters. The minimum atomic E-state index is 0.933. The third kappa shape index (κ3) is 1.70. The number of hydrogen-bond acceptors (Lipinski definition) is 1. The van der Waals surface area contributed by atoms with Crippen molar-refractivity contribution < 1.29 is 4.74 Å². The number of ether oxygens (including phenoxy) is 1. The van der Waals surface area contributed by atoms with Crippen molar-refractivity contribution in [2.75, 3.05) is 7.11 Å². The fourth-order valence-corrected chi connectivity index (χ4v) is 2.07. The Morgan fingerprint density at radius 2 is 1.87 bits per heavy atom. The van der Waals surface area contributed by atoms with Gasteiger partial charge >= 0.3 is 0 Å². The van der Waals surface area contributed by atoms with E-state index in [0.29, 0.717) is 0 Å². The maximum atomic E-state index is 5.26. The lowest BCUT2D eigenvalue weighted by Crippen LogP contribution is -1.90. The Kier molecular flexibility index (Phi) is 2.63. The van der Waals surface area contributed by atoms with E-state index in [2.05, 4.69) is 38.1 Å². The number of hydrogen-bond donors (Lipinski definition) is 0. The molecule has 1 nitrogen and oxygen atoms in total. The Morgan fingerprint density at radius 1 is 1.13 bits per heavy atom. The molecular weight excluding hydrogens is 184 g/mol. The second-order valence-electron chi connectivity index (χ2n) is 3.80. The SMILES string of the molecule is CCc1c(C)ccc2ccc(OC)cc12. The van der Waals surface area contributed by atoms with Gasteiger partial charge in [-0.1, -0.05) is 25.1 Å².